The SMILES string of the molecule is Cn1c(C(=O)N2CCN(c3ccc(F)cc3)CC2)cc2ccc(Cl)cc21. The standard InChI is InChI=1S/C20H19ClFN3O/c1-23-18-13-15(21)3-2-14(18)12-19(23)20(26)25-10-8-24(9-11-25)17-6-4-16(22)5-7-17/h2-7,12-13H,8-11H2,1H3. The van der Waals surface area contributed by atoms with Crippen molar-refractivity contribution in [3.63, 3.8) is 0 Å². The highest BCUT2D eigenvalue weighted by atomic mass is 35.5. The molecule has 2 heterocycles. The Bertz CT molecular complexity index is 959. The first kappa shape index (κ1) is 16.9. The highest BCUT2D eigenvalue weighted by molar-refractivity contribution is 6.31. The monoisotopic (exact) mass is 371 g/mol. The van der Waals surface area contributed by atoms with E-state index in [4.69, 9.17) is 11.6 Å². The van der Waals surface area contributed by atoms with Gasteiger partial charge in [0.2, 0.25) is 0 Å². The summed E-state index contributed by atoms with van der Waals surface area (Å²) in [5.74, 6) is -0.211. The van der Waals surface area contributed by atoms with Gasteiger partial charge in [0, 0.05) is 54.8 Å². The first-order valence-corrected chi connectivity index (χ1v) is 8.95. The maximum Gasteiger partial charge on any atom is 0.270 e. The summed E-state index contributed by atoms with van der Waals surface area (Å²) in [4.78, 5) is 17.0. The fraction of sp³-hybridized carbons (Fsp3) is 0.250. The van der Waals surface area contributed by atoms with Gasteiger partial charge in [-0.25, -0.2) is 4.39 Å². The predicted molar refractivity (Wildman–Crippen MR) is 102 cm³/mol. The number of nitrogens with zero attached hydrogens (tertiary/aromatic N) is 3. The summed E-state index contributed by atoms with van der Waals surface area (Å²) >= 11 is 6.07. The van der Waals surface area contributed by atoms with Crippen LogP contribution in [0.25, 0.3) is 10.9 Å². The Morgan fingerprint density at radius 3 is 2.38 bits per heavy atom. The summed E-state index contributed by atoms with van der Waals surface area (Å²) in [6.45, 7) is 2.73. The minimum atomic E-state index is -0.238. The number of carbonyl (C=O) groups is 1. The molecule has 2 aromatic carbocycles. The van der Waals surface area contributed by atoms with Gasteiger partial charge >= 0.3 is 0 Å². The number of aryl methyl sites for hydroxylation is 1. The average molecular weight is 372 g/mol. The summed E-state index contributed by atoms with van der Waals surface area (Å²) in [5.41, 5.74) is 2.60. The van der Waals surface area contributed by atoms with Crippen LogP contribution in [0.5, 0.6) is 0 Å². The predicted octanol–water partition coefficient (Wildman–Crippen LogP) is 3.93. The number of hydrogen-bond donors (Lipinski definition) is 0. The van der Waals surface area contributed by atoms with Crippen LogP contribution in [0.15, 0.2) is 48.5 Å². The maximum absolute atomic E-state index is 13.1. The Labute approximate surface area is 156 Å². The minimum absolute atomic E-state index is 0.0265. The second-order valence-corrected chi connectivity index (χ2v) is 6.98. The van der Waals surface area contributed by atoms with Crippen LogP contribution in [0, 0.1) is 5.82 Å². The number of fused-ring (bicyclic) bond motifs is 1. The van der Waals surface area contributed by atoms with Crippen LogP contribution >= 0.6 is 11.6 Å². The van der Waals surface area contributed by atoms with E-state index < -0.39 is 0 Å². The van der Waals surface area contributed by atoms with Crippen molar-refractivity contribution in [3.05, 3.63) is 65.1 Å². The zero-order valence-corrected chi connectivity index (χ0v) is 15.2. The molecule has 0 N–H and O–H groups in total. The van der Waals surface area contributed by atoms with E-state index in [0.29, 0.717) is 23.8 Å². The van der Waals surface area contributed by atoms with E-state index in [-0.39, 0.29) is 11.7 Å². The molecular formula is C20H19ClFN3O. The summed E-state index contributed by atoms with van der Waals surface area (Å²) in [6.07, 6.45) is 0. The van der Waals surface area contributed by atoms with Gasteiger partial charge in [0.15, 0.2) is 0 Å². The topological polar surface area (TPSA) is 28.5 Å². The van der Waals surface area contributed by atoms with Gasteiger partial charge in [-0.05, 0) is 42.5 Å². The molecule has 1 aliphatic heterocycles. The van der Waals surface area contributed by atoms with Crippen LogP contribution < -0.4 is 4.90 Å². The molecule has 1 aromatic heterocycles. The van der Waals surface area contributed by atoms with Gasteiger partial charge < -0.3 is 14.4 Å². The number of anilines is 1. The number of halogens is 2. The molecule has 4 nitrogen and oxygen atoms in total. The average Bonchev–Trinajstić information content (AvgIpc) is 2.98. The molecule has 6 heteroatoms. The number of amides is 1. The van der Waals surface area contributed by atoms with E-state index in [1.165, 1.54) is 12.1 Å². The third kappa shape index (κ3) is 3.03. The van der Waals surface area contributed by atoms with Crippen molar-refractivity contribution in [3.8, 4) is 0 Å². The van der Waals surface area contributed by atoms with Gasteiger partial charge in [-0.1, -0.05) is 17.7 Å². The molecule has 0 unspecified atom stereocenters. The van der Waals surface area contributed by atoms with Gasteiger partial charge in [-0.15, -0.1) is 0 Å². The molecule has 0 saturated carbocycles. The molecule has 0 aliphatic carbocycles. The lowest BCUT2D eigenvalue weighted by atomic mass is 10.2. The van der Waals surface area contributed by atoms with Crippen molar-refractivity contribution in [2.24, 2.45) is 7.05 Å². The summed E-state index contributed by atoms with van der Waals surface area (Å²) in [6, 6.07) is 14.0. The molecule has 0 atom stereocenters. The lowest BCUT2D eigenvalue weighted by molar-refractivity contribution is 0.0737. The van der Waals surface area contributed by atoms with Crippen LogP contribution in [-0.4, -0.2) is 41.6 Å². The second-order valence-electron chi connectivity index (χ2n) is 6.55. The molecular weight excluding hydrogens is 353 g/mol. The van der Waals surface area contributed by atoms with Crippen molar-refractivity contribution in [1.29, 1.82) is 0 Å². The van der Waals surface area contributed by atoms with E-state index in [1.54, 1.807) is 12.1 Å². The number of aromatic nitrogens is 1. The van der Waals surface area contributed by atoms with Crippen molar-refractivity contribution in [1.82, 2.24) is 9.47 Å². The molecule has 4 rings (SSSR count). The third-order valence-electron chi connectivity index (χ3n) is 4.99. The minimum Gasteiger partial charge on any atom is -0.368 e. The van der Waals surface area contributed by atoms with E-state index in [2.05, 4.69) is 4.90 Å². The lowest BCUT2D eigenvalue weighted by Gasteiger charge is -2.36. The third-order valence-corrected chi connectivity index (χ3v) is 5.22. The van der Waals surface area contributed by atoms with Gasteiger partial charge in [0.25, 0.3) is 5.91 Å². The molecule has 26 heavy (non-hydrogen) atoms. The molecule has 1 fully saturated rings. The number of rotatable bonds is 2. The fourth-order valence-electron chi connectivity index (χ4n) is 3.49. The first-order valence-electron chi connectivity index (χ1n) is 8.58. The zero-order chi connectivity index (χ0) is 18.3. The van der Waals surface area contributed by atoms with E-state index in [0.717, 1.165) is 29.7 Å². The molecule has 0 bridgehead atoms. The number of carbonyl (C=O) groups excluding carboxylic acids is 1. The second kappa shape index (κ2) is 6.65. The molecule has 1 aliphatic rings. The Morgan fingerprint density at radius 1 is 1.00 bits per heavy atom. The summed E-state index contributed by atoms with van der Waals surface area (Å²) in [7, 11) is 1.89. The van der Waals surface area contributed by atoms with Gasteiger partial charge in [0.05, 0.1) is 0 Å². The maximum atomic E-state index is 13.1. The van der Waals surface area contributed by atoms with Crippen molar-refractivity contribution >= 4 is 34.1 Å². The quantitative estimate of drug-likeness (QED) is 0.682. The van der Waals surface area contributed by atoms with Crippen LogP contribution in [0.2, 0.25) is 5.02 Å². The Morgan fingerprint density at radius 2 is 1.69 bits per heavy atom. The molecule has 1 saturated heterocycles. The zero-order valence-electron chi connectivity index (χ0n) is 14.5. The van der Waals surface area contributed by atoms with Gasteiger partial charge in [0.1, 0.15) is 11.5 Å². The molecule has 0 radical (unpaired) electrons. The summed E-state index contributed by atoms with van der Waals surface area (Å²) < 4.78 is 15.0. The number of hydrogen-bond acceptors (Lipinski definition) is 2. The molecule has 134 valence electrons. The van der Waals surface area contributed by atoms with E-state index in [9.17, 15) is 9.18 Å². The number of piperazine rings is 1. The van der Waals surface area contributed by atoms with Crippen LogP contribution in [-0.2, 0) is 7.05 Å². The smallest absolute Gasteiger partial charge is 0.270 e. The number of benzene rings is 2. The van der Waals surface area contributed by atoms with Gasteiger partial charge in [-0.2, -0.15) is 0 Å². The fourth-order valence-corrected chi connectivity index (χ4v) is 3.66. The van der Waals surface area contributed by atoms with Crippen LogP contribution in [0.1, 0.15) is 10.5 Å². The Hall–Kier alpha value is -2.53. The van der Waals surface area contributed by atoms with E-state index in [1.807, 2.05) is 40.8 Å². The molecule has 3 aromatic rings. The Kier molecular flexibility index (Phi) is 4.32. The largest absolute Gasteiger partial charge is 0.368 e. The lowest BCUT2D eigenvalue weighted by Crippen LogP contribution is -2.49. The highest BCUT2D eigenvalue weighted by Crippen LogP contribution is 2.24. The normalized spacial score (nSPS) is 14.9. The Balaban J connectivity index is 1.50. The first-order chi connectivity index (χ1) is 12.5. The molecule has 1 amide bonds. The van der Waals surface area contributed by atoms with E-state index >= 15 is 0 Å². The highest BCUT2D eigenvalue weighted by Gasteiger charge is 2.24. The van der Waals surface area contributed by atoms with Crippen molar-refractivity contribution < 1.29 is 9.18 Å². The van der Waals surface area contributed by atoms with Gasteiger partial charge in [-0.3, -0.25) is 4.79 Å². The van der Waals surface area contributed by atoms with Crippen molar-refractivity contribution in [2.75, 3.05) is 31.1 Å². The van der Waals surface area contributed by atoms with Crippen LogP contribution in [0.4, 0.5) is 10.1 Å². The summed E-state index contributed by atoms with van der Waals surface area (Å²) in [5, 5.41) is 1.66. The molecule has 0 spiro atoms. The van der Waals surface area contributed by atoms with Crippen molar-refractivity contribution in [2.45, 2.75) is 0 Å². The van der Waals surface area contributed by atoms with Crippen LogP contribution in [0.3, 0.4) is 0 Å².